The zero-order valence-corrected chi connectivity index (χ0v) is 16.6. The molecule has 0 heterocycles. The molecule has 2 amide bonds. The number of amides is 2. The third-order valence-electron chi connectivity index (χ3n) is 3.92. The first-order valence-corrected chi connectivity index (χ1v) is 8.75. The quantitative estimate of drug-likeness (QED) is 0.786. The maximum atomic E-state index is 12.2. The van der Waals surface area contributed by atoms with Gasteiger partial charge in [0, 0.05) is 12.1 Å². The van der Waals surface area contributed by atoms with Gasteiger partial charge in [0.05, 0.1) is 19.3 Å². The van der Waals surface area contributed by atoms with Gasteiger partial charge in [-0.05, 0) is 43.7 Å². The van der Waals surface area contributed by atoms with E-state index in [2.05, 4.69) is 5.32 Å². The van der Waals surface area contributed by atoms with Crippen LogP contribution in [0.2, 0.25) is 5.02 Å². The molecule has 1 N–H and O–H groups in total. The normalized spacial score (nSPS) is 10.3. The summed E-state index contributed by atoms with van der Waals surface area (Å²) in [5.74, 6) is 0.469. The molecule has 0 spiro atoms. The minimum Gasteiger partial charge on any atom is -0.495 e. The molecule has 0 aliphatic heterocycles. The number of carbonyl (C=O) groups is 2. The zero-order valence-electron chi connectivity index (χ0n) is 15.8. The molecule has 0 fully saturated rings. The van der Waals surface area contributed by atoms with E-state index in [1.54, 1.807) is 25.2 Å². The van der Waals surface area contributed by atoms with Crippen molar-refractivity contribution in [1.29, 1.82) is 0 Å². The maximum Gasteiger partial charge on any atom is 0.260 e. The smallest absolute Gasteiger partial charge is 0.260 e. The average molecular weight is 391 g/mol. The van der Waals surface area contributed by atoms with E-state index in [1.807, 2.05) is 32.0 Å². The Bertz CT molecular complexity index is 839. The summed E-state index contributed by atoms with van der Waals surface area (Å²) in [6.45, 7) is 3.64. The Morgan fingerprint density at radius 3 is 2.48 bits per heavy atom. The highest BCUT2D eigenvalue weighted by Crippen LogP contribution is 2.27. The van der Waals surface area contributed by atoms with E-state index in [4.69, 9.17) is 21.1 Å². The number of anilines is 1. The highest BCUT2D eigenvalue weighted by molar-refractivity contribution is 6.31. The number of rotatable bonds is 7. The van der Waals surface area contributed by atoms with Crippen LogP contribution in [0, 0.1) is 13.8 Å². The monoisotopic (exact) mass is 390 g/mol. The first-order chi connectivity index (χ1) is 12.8. The fourth-order valence-corrected chi connectivity index (χ4v) is 2.65. The van der Waals surface area contributed by atoms with Crippen molar-refractivity contribution in [3.8, 4) is 11.5 Å². The summed E-state index contributed by atoms with van der Waals surface area (Å²) >= 11 is 5.95. The van der Waals surface area contributed by atoms with Crippen LogP contribution in [0.5, 0.6) is 11.5 Å². The van der Waals surface area contributed by atoms with Crippen LogP contribution < -0.4 is 14.8 Å². The first kappa shape index (κ1) is 20.6. The lowest BCUT2D eigenvalue weighted by Gasteiger charge is -2.18. The molecule has 6 nitrogen and oxygen atoms in total. The van der Waals surface area contributed by atoms with Crippen molar-refractivity contribution in [2.45, 2.75) is 13.8 Å². The highest BCUT2D eigenvalue weighted by atomic mass is 35.5. The zero-order chi connectivity index (χ0) is 20.0. The van der Waals surface area contributed by atoms with Crippen LogP contribution in [-0.4, -0.2) is 44.0 Å². The SMILES string of the molecule is COc1ccc(Cl)cc1NC(=O)CN(C)C(=O)COc1ccc(C)cc1C. The van der Waals surface area contributed by atoms with Gasteiger partial charge >= 0.3 is 0 Å². The molecular formula is C20H23ClN2O4. The summed E-state index contributed by atoms with van der Waals surface area (Å²) in [6.07, 6.45) is 0. The van der Waals surface area contributed by atoms with Crippen LogP contribution in [0.25, 0.3) is 0 Å². The minimum absolute atomic E-state index is 0.120. The summed E-state index contributed by atoms with van der Waals surface area (Å²) in [5, 5.41) is 3.16. The number of hydrogen-bond acceptors (Lipinski definition) is 4. The summed E-state index contributed by atoms with van der Waals surface area (Å²) in [5.41, 5.74) is 2.52. The van der Waals surface area contributed by atoms with Crippen molar-refractivity contribution in [3.05, 3.63) is 52.5 Å². The van der Waals surface area contributed by atoms with Crippen molar-refractivity contribution in [1.82, 2.24) is 4.90 Å². The second-order valence-corrected chi connectivity index (χ2v) is 6.64. The average Bonchev–Trinajstić information content (AvgIpc) is 2.60. The molecule has 0 radical (unpaired) electrons. The standard InChI is InChI=1S/C20H23ClN2O4/c1-13-5-7-17(14(2)9-13)27-12-20(25)23(3)11-19(24)22-16-10-15(21)6-8-18(16)26-4/h5-10H,11-12H2,1-4H3,(H,22,24). The van der Waals surface area contributed by atoms with E-state index in [9.17, 15) is 9.59 Å². The number of halogens is 1. The Morgan fingerprint density at radius 1 is 1.11 bits per heavy atom. The summed E-state index contributed by atoms with van der Waals surface area (Å²) in [7, 11) is 3.04. The molecule has 0 aromatic heterocycles. The van der Waals surface area contributed by atoms with Gasteiger partial charge in [-0.2, -0.15) is 0 Å². The molecule has 0 saturated heterocycles. The van der Waals surface area contributed by atoms with Gasteiger partial charge in [-0.3, -0.25) is 9.59 Å². The Labute approximate surface area is 164 Å². The maximum absolute atomic E-state index is 12.2. The van der Waals surface area contributed by atoms with Crippen LogP contribution in [0.1, 0.15) is 11.1 Å². The first-order valence-electron chi connectivity index (χ1n) is 8.37. The van der Waals surface area contributed by atoms with Gasteiger partial charge in [0.2, 0.25) is 5.91 Å². The van der Waals surface area contributed by atoms with Crippen LogP contribution in [0.15, 0.2) is 36.4 Å². The van der Waals surface area contributed by atoms with Gasteiger partial charge in [-0.15, -0.1) is 0 Å². The Balaban J connectivity index is 1.90. The molecule has 2 aromatic carbocycles. The lowest BCUT2D eigenvalue weighted by Crippen LogP contribution is -2.37. The van der Waals surface area contributed by atoms with Gasteiger partial charge in [0.1, 0.15) is 11.5 Å². The van der Waals surface area contributed by atoms with E-state index in [0.717, 1.165) is 11.1 Å². The van der Waals surface area contributed by atoms with Crippen LogP contribution in [0.4, 0.5) is 5.69 Å². The number of likely N-dealkylation sites (N-methyl/N-ethyl adjacent to an activating group) is 1. The third kappa shape index (κ3) is 5.89. The number of nitrogens with zero attached hydrogens (tertiary/aromatic N) is 1. The molecule has 0 aliphatic rings. The number of hydrogen-bond donors (Lipinski definition) is 1. The van der Waals surface area contributed by atoms with Crippen LogP contribution >= 0.6 is 11.6 Å². The van der Waals surface area contributed by atoms with E-state index >= 15 is 0 Å². The number of benzene rings is 2. The topological polar surface area (TPSA) is 67.9 Å². The van der Waals surface area contributed by atoms with Gasteiger partial charge in [-0.1, -0.05) is 29.3 Å². The van der Waals surface area contributed by atoms with Crippen molar-refractivity contribution < 1.29 is 19.1 Å². The fourth-order valence-electron chi connectivity index (χ4n) is 2.48. The van der Waals surface area contributed by atoms with E-state index in [1.165, 1.54) is 12.0 Å². The van der Waals surface area contributed by atoms with Crippen molar-refractivity contribution >= 4 is 29.1 Å². The molecular weight excluding hydrogens is 368 g/mol. The van der Waals surface area contributed by atoms with Crippen molar-refractivity contribution in [2.24, 2.45) is 0 Å². The second-order valence-electron chi connectivity index (χ2n) is 6.20. The predicted molar refractivity (Wildman–Crippen MR) is 106 cm³/mol. The van der Waals surface area contributed by atoms with Gasteiger partial charge < -0.3 is 19.7 Å². The summed E-state index contributed by atoms with van der Waals surface area (Å²) in [4.78, 5) is 25.8. The Morgan fingerprint density at radius 2 is 1.81 bits per heavy atom. The van der Waals surface area contributed by atoms with Gasteiger partial charge in [0.15, 0.2) is 6.61 Å². The lowest BCUT2D eigenvalue weighted by molar-refractivity contribution is -0.135. The molecule has 0 bridgehead atoms. The highest BCUT2D eigenvalue weighted by Gasteiger charge is 2.15. The molecule has 7 heteroatoms. The van der Waals surface area contributed by atoms with Crippen molar-refractivity contribution in [2.75, 3.05) is 32.6 Å². The predicted octanol–water partition coefficient (Wildman–Crippen LogP) is 3.44. The number of methoxy groups -OCH3 is 1. The molecule has 0 aliphatic carbocycles. The lowest BCUT2D eigenvalue weighted by atomic mass is 10.1. The summed E-state index contributed by atoms with van der Waals surface area (Å²) in [6, 6.07) is 10.6. The van der Waals surface area contributed by atoms with E-state index in [0.29, 0.717) is 22.2 Å². The second kappa shape index (κ2) is 9.28. The fraction of sp³-hybridized carbons (Fsp3) is 0.300. The summed E-state index contributed by atoms with van der Waals surface area (Å²) < 4.78 is 10.8. The molecule has 2 rings (SSSR count). The van der Waals surface area contributed by atoms with Crippen molar-refractivity contribution in [3.63, 3.8) is 0 Å². The minimum atomic E-state index is -0.363. The largest absolute Gasteiger partial charge is 0.495 e. The molecule has 0 atom stereocenters. The van der Waals surface area contributed by atoms with E-state index < -0.39 is 0 Å². The van der Waals surface area contributed by atoms with Crippen LogP contribution in [0.3, 0.4) is 0 Å². The van der Waals surface area contributed by atoms with Gasteiger partial charge in [0.25, 0.3) is 5.91 Å². The molecule has 27 heavy (non-hydrogen) atoms. The number of ether oxygens (including phenoxy) is 2. The Kier molecular flexibility index (Phi) is 7.07. The molecule has 0 saturated carbocycles. The number of aryl methyl sites for hydroxylation is 2. The third-order valence-corrected chi connectivity index (χ3v) is 4.16. The van der Waals surface area contributed by atoms with E-state index in [-0.39, 0.29) is 25.0 Å². The molecule has 144 valence electrons. The Hall–Kier alpha value is -2.73. The van der Waals surface area contributed by atoms with Gasteiger partial charge in [-0.25, -0.2) is 0 Å². The molecule has 0 unspecified atom stereocenters. The van der Waals surface area contributed by atoms with Crippen LogP contribution in [-0.2, 0) is 9.59 Å². The number of nitrogens with one attached hydrogen (secondary N) is 1. The molecule has 2 aromatic rings. The number of carbonyl (C=O) groups excluding carboxylic acids is 2.